The highest BCUT2D eigenvalue weighted by molar-refractivity contribution is 7.91. The van der Waals surface area contributed by atoms with Gasteiger partial charge in [-0.25, -0.2) is 13.2 Å². The molecular weight excluding hydrogens is 727 g/mol. The number of carboxylic acid groups (broad SMARTS) is 3. The molecule has 1 aromatic carbocycles. The van der Waals surface area contributed by atoms with E-state index in [1.165, 1.54) is 18.2 Å². The molecule has 2 heterocycles. The number of carbonyl (C=O) groups is 3. The lowest BCUT2D eigenvalue weighted by Gasteiger charge is -2.39. The molecule has 49 heavy (non-hydrogen) atoms. The Morgan fingerprint density at radius 3 is 1.65 bits per heavy atom. The van der Waals surface area contributed by atoms with Gasteiger partial charge in [-0.15, -0.1) is 0 Å². The number of hydrogen-bond acceptors (Lipinski definition) is 11. The molecule has 2 aliphatic heterocycles. The van der Waals surface area contributed by atoms with Gasteiger partial charge in [-0.3, -0.25) is 19.4 Å². The average molecular weight is 774 g/mol. The summed E-state index contributed by atoms with van der Waals surface area (Å²) in [5.41, 5.74) is -2.74. The Kier molecular flexibility index (Phi) is 17.9. The SMILES string of the molecule is CC(C)N(CCS(=O)(=O)c1cc(Cl)cc(Cl)c1)C(=S)N(CCN1CCOCC1)CCN1CCOCC1.O=C(O)CC(O)(CC(=O)O)C(=O)O. The van der Waals surface area contributed by atoms with Gasteiger partial charge >= 0.3 is 17.9 Å². The molecule has 0 amide bonds. The van der Waals surface area contributed by atoms with E-state index in [2.05, 4.69) is 14.7 Å². The monoisotopic (exact) mass is 772 g/mol. The van der Waals surface area contributed by atoms with E-state index in [1.54, 1.807) is 0 Å². The highest BCUT2D eigenvalue weighted by Crippen LogP contribution is 2.23. The number of benzene rings is 1. The van der Waals surface area contributed by atoms with Crippen molar-refractivity contribution in [1.82, 2.24) is 19.6 Å². The minimum Gasteiger partial charge on any atom is -0.481 e. The van der Waals surface area contributed by atoms with Crippen LogP contribution in [0.5, 0.6) is 0 Å². The van der Waals surface area contributed by atoms with Crippen LogP contribution in [0.4, 0.5) is 0 Å². The number of aliphatic carboxylic acids is 3. The maximum absolute atomic E-state index is 13.1. The molecule has 2 aliphatic rings. The molecule has 0 aliphatic carbocycles. The lowest BCUT2D eigenvalue weighted by molar-refractivity contribution is -0.170. The summed E-state index contributed by atoms with van der Waals surface area (Å²) in [5.74, 6) is -5.10. The van der Waals surface area contributed by atoms with Crippen molar-refractivity contribution in [2.45, 2.75) is 43.2 Å². The topological polar surface area (TPSA) is 198 Å². The van der Waals surface area contributed by atoms with Crippen molar-refractivity contribution >= 4 is 68.3 Å². The van der Waals surface area contributed by atoms with Crippen LogP contribution < -0.4 is 0 Å². The van der Waals surface area contributed by atoms with E-state index in [4.69, 9.17) is 65.3 Å². The van der Waals surface area contributed by atoms with Crippen molar-refractivity contribution in [3.8, 4) is 0 Å². The second-order valence-electron chi connectivity index (χ2n) is 11.9. The Labute approximate surface area is 302 Å². The largest absolute Gasteiger partial charge is 0.481 e. The quantitative estimate of drug-likeness (QED) is 0.176. The van der Waals surface area contributed by atoms with Gasteiger partial charge in [0.1, 0.15) is 0 Å². The van der Waals surface area contributed by atoms with Gasteiger partial charge in [-0.2, -0.15) is 0 Å². The highest BCUT2D eigenvalue weighted by atomic mass is 35.5. The molecule has 2 saturated heterocycles. The third kappa shape index (κ3) is 15.2. The molecule has 4 N–H and O–H groups in total. The second kappa shape index (κ2) is 20.5. The predicted octanol–water partition coefficient (Wildman–Crippen LogP) is 1.48. The van der Waals surface area contributed by atoms with E-state index < -0.39 is 46.2 Å². The van der Waals surface area contributed by atoms with Crippen LogP contribution in [0.15, 0.2) is 23.1 Å². The standard InChI is InChI=1S/C24H38Cl2N4O4S2.C6H8O7/c1-20(2)30(11-16-36(31,32)23-18-21(25)17-22(26)19-23)24(35)29(5-3-27-7-12-33-13-8-27)6-4-28-9-14-34-15-10-28;7-3(8)1-6(13,5(11)12)2-4(9)10/h17-20H,3-16H2,1-2H3;13H,1-2H2,(H,7,8)(H,9,10)(H,11,12). The first-order valence-electron chi connectivity index (χ1n) is 15.7. The van der Waals surface area contributed by atoms with Crippen LogP contribution in [0, 0.1) is 0 Å². The normalized spacial score (nSPS) is 16.0. The van der Waals surface area contributed by atoms with Gasteiger partial charge in [-0.05, 0) is 44.3 Å². The number of sulfone groups is 1. The van der Waals surface area contributed by atoms with Crippen LogP contribution in [0.1, 0.15) is 26.7 Å². The molecule has 0 atom stereocenters. The summed E-state index contributed by atoms with van der Waals surface area (Å²) < 4.78 is 37.1. The second-order valence-corrected chi connectivity index (χ2v) is 15.2. The Morgan fingerprint density at radius 1 is 0.857 bits per heavy atom. The van der Waals surface area contributed by atoms with Crippen LogP contribution in [-0.4, -0.2) is 174 Å². The van der Waals surface area contributed by atoms with Gasteiger partial charge < -0.3 is 39.7 Å². The summed E-state index contributed by atoms with van der Waals surface area (Å²) in [6.45, 7) is 14.4. The number of nitrogens with zero attached hydrogens (tertiary/aromatic N) is 4. The molecule has 0 spiro atoms. The first-order valence-corrected chi connectivity index (χ1v) is 18.5. The zero-order chi connectivity index (χ0) is 36.8. The fourth-order valence-electron chi connectivity index (χ4n) is 4.99. The maximum Gasteiger partial charge on any atom is 0.336 e. The van der Waals surface area contributed by atoms with Crippen LogP contribution in [0.25, 0.3) is 0 Å². The molecular formula is C30H46Cl2N4O11S2. The van der Waals surface area contributed by atoms with Crippen LogP contribution >= 0.6 is 35.4 Å². The zero-order valence-corrected chi connectivity index (χ0v) is 30.8. The van der Waals surface area contributed by atoms with Crippen molar-refractivity contribution in [3.63, 3.8) is 0 Å². The summed E-state index contributed by atoms with van der Waals surface area (Å²) in [5, 5.41) is 35.1. The number of ether oxygens (including phenoxy) is 2. The van der Waals surface area contributed by atoms with Gasteiger partial charge in [0.05, 0.1) is 49.9 Å². The number of rotatable bonds is 16. The molecule has 3 rings (SSSR count). The molecule has 0 aromatic heterocycles. The summed E-state index contributed by atoms with van der Waals surface area (Å²) >= 11 is 18.1. The zero-order valence-electron chi connectivity index (χ0n) is 27.6. The molecule has 0 unspecified atom stereocenters. The first-order chi connectivity index (χ1) is 22.9. The Balaban J connectivity index is 0.000000543. The summed E-state index contributed by atoms with van der Waals surface area (Å²) in [7, 11) is -3.58. The molecule has 0 bridgehead atoms. The number of hydrogen-bond donors (Lipinski definition) is 4. The van der Waals surface area contributed by atoms with Crippen LogP contribution in [-0.2, 0) is 33.7 Å². The molecule has 19 heteroatoms. The Morgan fingerprint density at radius 2 is 1.29 bits per heavy atom. The third-order valence-corrected chi connectivity index (χ3v) is 10.4. The highest BCUT2D eigenvalue weighted by Gasteiger charge is 2.40. The van der Waals surface area contributed by atoms with Crippen molar-refractivity contribution in [1.29, 1.82) is 0 Å². The van der Waals surface area contributed by atoms with Crippen LogP contribution in [0.2, 0.25) is 10.0 Å². The Bertz CT molecular complexity index is 1320. The van der Waals surface area contributed by atoms with Gasteiger partial charge in [0.25, 0.3) is 0 Å². The van der Waals surface area contributed by atoms with Crippen molar-refractivity contribution in [3.05, 3.63) is 28.2 Å². The van der Waals surface area contributed by atoms with E-state index in [0.29, 0.717) is 15.2 Å². The first kappa shape index (κ1) is 42.8. The van der Waals surface area contributed by atoms with Crippen LogP contribution in [0.3, 0.4) is 0 Å². The Hall–Kier alpha value is -2.35. The van der Waals surface area contributed by atoms with Gasteiger partial charge in [0, 0.05) is 75.0 Å². The van der Waals surface area contributed by atoms with Crippen molar-refractivity contribution in [2.75, 3.05) is 91.1 Å². The lowest BCUT2D eigenvalue weighted by atomic mass is 9.96. The molecule has 0 radical (unpaired) electrons. The third-order valence-electron chi connectivity index (χ3n) is 7.80. The number of thiocarbonyl (C=S) groups is 1. The van der Waals surface area contributed by atoms with E-state index in [9.17, 15) is 22.8 Å². The van der Waals surface area contributed by atoms with E-state index in [1.807, 2.05) is 18.7 Å². The predicted molar refractivity (Wildman–Crippen MR) is 186 cm³/mol. The summed E-state index contributed by atoms with van der Waals surface area (Å²) in [6.07, 6.45) is -2.29. The molecule has 1 aromatic rings. The van der Waals surface area contributed by atoms with E-state index in [-0.39, 0.29) is 23.2 Å². The summed E-state index contributed by atoms with van der Waals surface area (Å²) in [4.78, 5) is 39.6. The van der Waals surface area contributed by atoms with Gasteiger partial charge in [0.2, 0.25) is 0 Å². The molecule has 2 fully saturated rings. The van der Waals surface area contributed by atoms with Gasteiger partial charge in [-0.1, -0.05) is 23.2 Å². The van der Waals surface area contributed by atoms with Crippen molar-refractivity contribution < 1.29 is 52.7 Å². The average Bonchev–Trinajstić information content (AvgIpc) is 3.01. The van der Waals surface area contributed by atoms with E-state index >= 15 is 0 Å². The number of morpholine rings is 2. The minimum absolute atomic E-state index is 0.0462. The molecule has 15 nitrogen and oxygen atoms in total. The number of carboxylic acids is 3. The smallest absolute Gasteiger partial charge is 0.336 e. The van der Waals surface area contributed by atoms with Crippen molar-refractivity contribution in [2.24, 2.45) is 0 Å². The lowest BCUT2D eigenvalue weighted by Crippen LogP contribution is -2.52. The molecule has 278 valence electrons. The van der Waals surface area contributed by atoms with Gasteiger partial charge in [0.15, 0.2) is 20.6 Å². The number of aliphatic hydroxyl groups is 1. The molecule has 0 saturated carbocycles. The maximum atomic E-state index is 13.1. The number of halogens is 2. The van der Waals surface area contributed by atoms with E-state index in [0.717, 1.165) is 78.8 Å². The minimum atomic E-state index is -3.58. The fraction of sp³-hybridized carbons (Fsp3) is 0.667. The summed E-state index contributed by atoms with van der Waals surface area (Å²) in [6, 6.07) is 4.46. The fourth-order valence-corrected chi connectivity index (χ4v) is 7.42.